The normalized spacial score (nSPS) is 17.6. The number of hydrogen-bond donors (Lipinski definition) is 0. The van der Waals surface area contributed by atoms with Crippen LogP contribution in [0.25, 0.3) is 0 Å². The first kappa shape index (κ1) is 18.4. The predicted molar refractivity (Wildman–Crippen MR) is 95.3 cm³/mol. The van der Waals surface area contributed by atoms with Crippen molar-refractivity contribution in [2.45, 2.75) is 45.2 Å². The van der Waals surface area contributed by atoms with Crippen LogP contribution in [0, 0.1) is 0 Å². The third-order valence-corrected chi connectivity index (χ3v) is 4.82. The van der Waals surface area contributed by atoms with E-state index in [1.807, 2.05) is 31.2 Å². The fraction of sp³-hybridized carbons (Fsp3) is 0.526. The van der Waals surface area contributed by atoms with Gasteiger partial charge in [-0.25, -0.2) is 9.69 Å². The molecular weight excluding hydrogens is 334 g/mol. The van der Waals surface area contributed by atoms with Crippen molar-refractivity contribution >= 4 is 17.8 Å². The molecule has 2 aliphatic rings. The minimum absolute atomic E-state index is 0.134. The standard InChI is InChI=1S/C19H25N3O4/c1-3-4-11-21-17(23)18(24)22(19(21)25)13-20(15-9-10-15)12-14-7-5-6-8-16(14)26-2/h5-8,15H,3-4,9-13H2,1-2H3. The number of unbranched alkanes of at least 4 members (excludes halogenated alkanes) is 1. The maximum absolute atomic E-state index is 12.5. The zero-order chi connectivity index (χ0) is 18.7. The van der Waals surface area contributed by atoms with Crippen molar-refractivity contribution in [2.24, 2.45) is 0 Å². The number of carbonyl (C=O) groups excluding carboxylic acids is 3. The van der Waals surface area contributed by atoms with E-state index >= 15 is 0 Å². The van der Waals surface area contributed by atoms with Gasteiger partial charge in [0.1, 0.15) is 5.75 Å². The van der Waals surface area contributed by atoms with Crippen LogP contribution >= 0.6 is 0 Å². The smallest absolute Gasteiger partial charge is 0.335 e. The number of benzene rings is 1. The number of methoxy groups -OCH3 is 1. The number of rotatable bonds is 9. The molecule has 26 heavy (non-hydrogen) atoms. The van der Waals surface area contributed by atoms with Crippen LogP contribution in [0.15, 0.2) is 24.3 Å². The molecule has 0 radical (unpaired) electrons. The van der Waals surface area contributed by atoms with Crippen molar-refractivity contribution in [3.8, 4) is 5.75 Å². The molecule has 1 aliphatic carbocycles. The molecule has 1 heterocycles. The second kappa shape index (κ2) is 7.86. The highest BCUT2D eigenvalue weighted by Crippen LogP contribution is 2.31. The van der Waals surface area contributed by atoms with E-state index in [0.29, 0.717) is 25.6 Å². The SMILES string of the molecule is CCCCN1C(=O)C(=O)N(CN(Cc2ccccc2OC)C2CC2)C1=O. The molecule has 4 amide bonds. The third-order valence-electron chi connectivity index (χ3n) is 4.82. The van der Waals surface area contributed by atoms with E-state index in [9.17, 15) is 14.4 Å². The van der Waals surface area contributed by atoms with Crippen LogP contribution in [0.5, 0.6) is 5.75 Å². The van der Waals surface area contributed by atoms with E-state index in [1.165, 1.54) is 0 Å². The lowest BCUT2D eigenvalue weighted by atomic mass is 10.2. The summed E-state index contributed by atoms with van der Waals surface area (Å²) in [4.78, 5) is 41.2. The van der Waals surface area contributed by atoms with Crippen molar-refractivity contribution in [3.05, 3.63) is 29.8 Å². The molecule has 2 fully saturated rings. The molecule has 1 aromatic rings. The van der Waals surface area contributed by atoms with Crippen molar-refractivity contribution in [3.63, 3.8) is 0 Å². The highest BCUT2D eigenvalue weighted by molar-refractivity contribution is 6.44. The Morgan fingerprint density at radius 1 is 1.12 bits per heavy atom. The topological polar surface area (TPSA) is 70.2 Å². The summed E-state index contributed by atoms with van der Waals surface area (Å²) in [5.74, 6) is -0.661. The van der Waals surface area contributed by atoms with Crippen LogP contribution in [0.2, 0.25) is 0 Å². The lowest BCUT2D eigenvalue weighted by Crippen LogP contribution is -2.43. The Morgan fingerprint density at radius 2 is 1.81 bits per heavy atom. The van der Waals surface area contributed by atoms with Gasteiger partial charge in [-0.15, -0.1) is 0 Å². The Morgan fingerprint density at radius 3 is 2.46 bits per heavy atom. The zero-order valence-electron chi connectivity index (χ0n) is 15.3. The van der Waals surface area contributed by atoms with Crippen LogP contribution in [-0.4, -0.2) is 58.9 Å². The van der Waals surface area contributed by atoms with Crippen molar-refractivity contribution in [2.75, 3.05) is 20.3 Å². The van der Waals surface area contributed by atoms with E-state index < -0.39 is 17.8 Å². The average Bonchev–Trinajstić information content (AvgIpc) is 3.47. The Kier molecular flexibility index (Phi) is 5.56. The van der Waals surface area contributed by atoms with E-state index in [1.54, 1.807) is 7.11 Å². The number of urea groups is 1. The molecule has 1 aliphatic heterocycles. The summed E-state index contributed by atoms with van der Waals surface area (Å²) < 4.78 is 5.40. The van der Waals surface area contributed by atoms with Crippen LogP contribution in [0.4, 0.5) is 4.79 Å². The Hall–Kier alpha value is -2.41. The van der Waals surface area contributed by atoms with Gasteiger partial charge in [-0.3, -0.25) is 19.4 Å². The zero-order valence-corrected chi connectivity index (χ0v) is 15.3. The lowest BCUT2D eigenvalue weighted by Gasteiger charge is -2.26. The van der Waals surface area contributed by atoms with E-state index in [4.69, 9.17) is 4.74 Å². The third kappa shape index (κ3) is 3.72. The summed E-state index contributed by atoms with van der Waals surface area (Å²) >= 11 is 0. The molecule has 1 aromatic carbocycles. The molecule has 0 aromatic heterocycles. The highest BCUT2D eigenvalue weighted by Gasteiger charge is 2.45. The molecule has 1 saturated carbocycles. The Balaban J connectivity index is 1.73. The molecular formula is C19H25N3O4. The van der Waals surface area contributed by atoms with Gasteiger partial charge >= 0.3 is 17.8 Å². The minimum atomic E-state index is -0.725. The van der Waals surface area contributed by atoms with Crippen molar-refractivity contribution in [1.82, 2.24) is 14.7 Å². The van der Waals surface area contributed by atoms with E-state index in [-0.39, 0.29) is 6.67 Å². The number of para-hydroxylation sites is 1. The molecule has 0 bridgehead atoms. The van der Waals surface area contributed by atoms with Gasteiger partial charge in [0.2, 0.25) is 0 Å². The Labute approximate surface area is 153 Å². The van der Waals surface area contributed by atoms with E-state index in [0.717, 1.165) is 40.4 Å². The average molecular weight is 359 g/mol. The second-order valence-electron chi connectivity index (χ2n) is 6.76. The molecule has 0 spiro atoms. The maximum atomic E-state index is 12.5. The number of imide groups is 2. The number of hydrogen-bond acceptors (Lipinski definition) is 5. The van der Waals surface area contributed by atoms with Gasteiger partial charge in [-0.05, 0) is 25.3 Å². The molecule has 7 heteroatoms. The fourth-order valence-corrected chi connectivity index (χ4v) is 3.16. The van der Waals surface area contributed by atoms with Gasteiger partial charge in [0.15, 0.2) is 0 Å². The summed E-state index contributed by atoms with van der Waals surface area (Å²) in [6, 6.07) is 7.52. The number of amides is 4. The Bertz CT molecular complexity index is 702. The van der Waals surface area contributed by atoms with Crippen molar-refractivity contribution < 1.29 is 19.1 Å². The van der Waals surface area contributed by atoms with Gasteiger partial charge < -0.3 is 4.74 Å². The maximum Gasteiger partial charge on any atom is 0.335 e. The van der Waals surface area contributed by atoms with Crippen molar-refractivity contribution in [1.29, 1.82) is 0 Å². The summed E-state index contributed by atoms with van der Waals surface area (Å²) in [6.07, 6.45) is 3.61. The van der Waals surface area contributed by atoms with Gasteiger partial charge in [0.25, 0.3) is 0 Å². The largest absolute Gasteiger partial charge is 0.496 e. The molecule has 140 valence electrons. The second-order valence-corrected chi connectivity index (χ2v) is 6.76. The minimum Gasteiger partial charge on any atom is -0.496 e. The molecule has 0 unspecified atom stereocenters. The van der Waals surface area contributed by atoms with Gasteiger partial charge in [0, 0.05) is 24.7 Å². The molecule has 0 atom stereocenters. The summed E-state index contributed by atoms with van der Waals surface area (Å²) in [5.41, 5.74) is 0.996. The molecule has 3 rings (SSSR count). The van der Waals surface area contributed by atoms with Crippen LogP contribution in [0.1, 0.15) is 38.2 Å². The highest BCUT2D eigenvalue weighted by atomic mass is 16.5. The molecule has 7 nitrogen and oxygen atoms in total. The number of carbonyl (C=O) groups is 3. The first-order chi connectivity index (χ1) is 12.6. The van der Waals surface area contributed by atoms with Crippen LogP contribution in [0.3, 0.4) is 0 Å². The summed E-state index contributed by atoms with van der Waals surface area (Å²) in [5, 5.41) is 0. The summed E-state index contributed by atoms with van der Waals surface area (Å²) in [6.45, 7) is 2.97. The first-order valence-electron chi connectivity index (χ1n) is 9.10. The number of nitrogens with zero attached hydrogens (tertiary/aromatic N) is 3. The number of ether oxygens (including phenoxy) is 1. The predicted octanol–water partition coefficient (Wildman–Crippen LogP) is 2.21. The fourth-order valence-electron chi connectivity index (χ4n) is 3.16. The molecule has 1 saturated heterocycles. The summed E-state index contributed by atoms with van der Waals surface area (Å²) in [7, 11) is 1.62. The monoisotopic (exact) mass is 359 g/mol. The first-order valence-corrected chi connectivity index (χ1v) is 9.10. The van der Waals surface area contributed by atoms with Gasteiger partial charge in [-0.2, -0.15) is 0 Å². The quantitative estimate of drug-likeness (QED) is 0.499. The van der Waals surface area contributed by atoms with Gasteiger partial charge in [-0.1, -0.05) is 31.5 Å². The van der Waals surface area contributed by atoms with Gasteiger partial charge in [0.05, 0.1) is 13.8 Å². The van der Waals surface area contributed by atoms with E-state index in [2.05, 4.69) is 4.90 Å². The molecule has 0 N–H and O–H groups in total. The lowest BCUT2D eigenvalue weighted by molar-refractivity contribution is -0.144. The van der Waals surface area contributed by atoms with Crippen LogP contribution in [-0.2, 0) is 16.1 Å². The van der Waals surface area contributed by atoms with Crippen LogP contribution < -0.4 is 4.74 Å².